The summed E-state index contributed by atoms with van der Waals surface area (Å²) in [6, 6.07) is 0. The molecule has 0 aliphatic carbocycles. The molecule has 1 N–H and O–H groups in total. The number of nitrogens with one attached hydrogen (secondary N) is 1. The number of nitrogens with zero attached hydrogens (tertiary/aromatic N) is 4. The molecule has 3 rings (SSSR count). The molecule has 0 unspecified atom stereocenters. The molecule has 2 aromatic heterocycles. The Hall–Kier alpha value is -2.11. The molecule has 0 spiro atoms. The first-order chi connectivity index (χ1) is 11.5. The average molecular weight is 329 g/mol. The Balaban J connectivity index is 1.62. The van der Waals surface area contributed by atoms with Gasteiger partial charge in [-0.05, 0) is 45.6 Å². The van der Waals surface area contributed by atoms with Gasteiger partial charge in [-0.3, -0.25) is 9.89 Å². The maximum atomic E-state index is 12.7. The van der Waals surface area contributed by atoms with E-state index < -0.39 is 0 Å². The van der Waals surface area contributed by atoms with Crippen LogP contribution in [0.5, 0.6) is 0 Å². The summed E-state index contributed by atoms with van der Waals surface area (Å²) in [6.45, 7) is 7.67. The average Bonchev–Trinajstić information content (AvgIpc) is 3.07. The number of likely N-dealkylation sites (tertiary alicyclic amines) is 1. The summed E-state index contributed by atoms with van der Waals surface area (Å²) in [5.41, 5.74) is 4.29. The zero-order valence-corrected chi connectivity index (χ0v) is 15.1. The molecule has 0 bridgehead atoms. The van der Waals surface area contributed by atoms with Gasteiger partial charge in [-0.1, -0.05) is 0 Å². The molecule has 0 aromatic carbocycles. The maximum Gasteiger partial charge on any atom is 0.222 e. The molecule has 1 atom stereocenters. The lowest BCUT2D eigenvalue weighted by Crippen LogP contribution is -2.39. The SMILES string of the molecule is Cc1cn(C)c([C@H]2CCCN(C(=O)CCc3c(C)n[nH]c3C)C2)n1. The number of aryl methyl sites for hydroxylation is 4. The number of hydrogen-bond acceptors (Lipinski definition) is 3. The van der Waals surface area contributed by atoms with E-state index in [0.29, 0.717) is 12.3 Å². The third-order valence-electron chi connectivity index (χ3n) is 5.04. The third-order valence-corrected chi connectivity index (χ3v) is 5.04. The van der Waals surface area contributed by atoms with Crippen molar-refractivity contribution in [3.63, 3.8) is 0 Å². The number of aromatic nitrogens is 4. The normalized spacial score (nSPS) is 18.2. The van der Waals surface area contributed by atoms with Crippen molar-refractivity contribution in [1.82, 2.24) is 24.6 Å². The number of piperidine rings is 1. The van der Waals surface area contributed by atoms with E-state index in [1.165, 1.54) is 5.56 Å². The predicted molar refractivity (Wildman–Crippen MR) is 92.9 cm³/mol. The highest BCUT2D eigenvalue weighted by molar-refractivity contribution is 5.76. The smallest absolute Gasteiger partial charge is 0.222 e. The number of aromatic amines is 1. The Morgan fingerprint density at radius 2 is 2.17 bits per heavy atom. The zero-order chi connectivity index (χ0) is 17.3. The van der Waals surface area contributed by atoms with Crippen LogP contribution >= 0.6 is 0 Å². The van der Waals surface area contributed by atoms with Crippen LogP contribution in [0, 0.1) is 20.8 Å². The molecule has 6 nitrogen and oxygen atoms in total. The number of hydrogen-bond donors (Lipinski definition) is 1. The molecule has 3 heterocycles. The van der Waals surface area contributed by atoms with Crippen LogP contribution in [0.1, 0.15) is 53.7 Å². The van der Waals surface area contributed by atoms with E-state index in [4.69, 9.17) is 0 Å². The Kier molecular flexibility index (Phi) is 4.73. The summed E-state index contributed by atoms with van der Waals surface area (Å²) in [6.07, 6.45) is 5.52. The number of H-pyrrole nitrogens is 1. The molecule has 1 saturated heterocycles. The maximum absolute atomic E-state index is 12.7. The zero-order valence-electron chi connectivity index (χ0n) is 15.1. The molecule has 1 amide bonds. The van der Waals surface area contributed by atoms with Crippen LogP contribution in [0.4, 0.5) is 0 Å². The lowest BCUT2D eigenvalue weighted by Gasteiger charge is -2.32. The highest BCUT2D eigenvalue weighted by atomic mass is 16.2. The summed E-state index contributed by atoms with van der Waals surface area (Å²) in [4.78, 5) is 19.3. The van der Waals surface area contributed by atoms with E-state index in [2.05, 4.69) is 25.9 Å². The number of carbonyl (C=O) groups is 1. The van der Waals surface area contributed by atoms with E-state index in [0.717, 1.165) is 55.3 Å². The fourth-order valence-electron chi connectivity index (χ4n) is 3.76. The first kappa shape index (κ1) is 16.7. The largest absolute Gasteiger partial charge is 0.342 e. The molecular formula is C18H27N5O. The first-order valence-corrected chi connectivity index (χ1v) is 8.73. The molecule has 1 aliphatic rings. The summed E-state index contributed by atoms with van der Waals surface area (Å²) in [7, 11) is 2.04. The highest BCUT2D eigenvalue weighted by Crippen LogP contribution is 2.26. The Labute approximate surface area is 143 Å². The van der Waals surface area contributed by atoms with Crippen LogP contribution < -0.4 is 0 Å². The molecular weight excluding hydrogens is 302 g/mol. The minimum atomic E-state index is 0.241. The van der Waals surface area contributed by atoms with Crippen LogP contribution in [-0.4, -0.2) is 43.6 Å². The van der Waals surface area contributed by atoms with Crippen molar-refractivity contribution < 1.29 is 4.79 Å². The van der Waals surface area contributed by atoms with Gasteiger partial charge in [0.2, 0.25) is 5.91 Å². The van der Waals surface area contributed by atoms with Crippen LogP contribution in [0.25, 0.3) is 0 Å². The topological polar surface area (TPSA) is 66.8 Å². The molecule has 1 fully saturated rings. The van der Waals surface area contributed by atoms with Gasteiger partial charge in [-0.2, -0.15) is 5.10 Å². The van der Waals surface area contributed by atoms with Gasteiger partial charge in [0.15, 0.2) is 0 Å². The number of carbonyl (C=O) groups excluding carboxylic acids is 1. The van der Waals surface area contributed by atoms with E-state index in [-0.39, 0.29) is 5.91 Å². The minimum Gasteiger partial charge on any atom is -0.342 e. The van der Waals surface area contributed by atoms with Gasteiger partial charge in [-0.15, -0.1) is 0 Å². The second-order valence-corrected chi connectivity index (χ2v) is 6.94. The van der Waals surface area contributed by atoms with Gasteiger partial charge in [0, 0.05) is 44.4 Å². The molecule has 2 aromatic rings. The highest BCUT2D eigenvalue weighted by Gasteiger charge is 2.27. The number of amides is 1. The van der Waals surface area contributed by atoms with Crippen molar-refractivity contribution >= 4 is 5.91 Å². The minimum absolute atomic E-state index is 0.241. The van der Waals surface area contributed by atoms with Crippen molar-refractivity contribution in [2.24, 2.45) is 7.05 Å². The lowest BCUT2D eigenvalue weighted by atomic mass is 9.96. The molecule has 0 radical (unpaired) electrons. The van der Waals surface area contributed by atoms with E-state index in [1.807, 2.05) is 32.7 Å². The third kappa shape index (κ3) is 3.37. The summed E-state index contributed by atoms with van der Waals surface area (Å²) < 4.78 is 2.10. The van der Waals surface area contributed by atoms with Crippen molar-refractivity contribution in [1.29, 1.82) is 0 Å². The van der Waals surface area contributed by atoms with Gasteiger partial charge in [-0.25, -0.2) is 4.98 Å². The standard InChI is InChI=1S/C18H27N5O/c1-12-10-22(4)18(19-12)15-6-5-9-23(11-15)17(24)8-7-16-13(2)20-21-14(16)3/h10,15H,5-9,11H2,1-4H3,(H,20,21)/t15-/m0/s1. The predicted octanol–water partition coefficient (Wildman–Crippen LogP) is 2.41. The van der Waals surface area contributed by atoms with Crippen LogP contribution in [0.15, 0.2) is 6.20 Å². The summed E-state index contributed by atoms with van der Waals surface area (Å²) in [5, 5.41) is 7.20. The van der Waals surface area contributed by atoms with Gasteiger partial charge in [0.25, 0.3) is 0 Å². The first-order valence-electron chi connectivity index (χ1n) is 8.73. The molecule has 0 saturated carbocycles. The quantitative estimate of drug-likeness (QED) is 0.936. The number of imidazole rings is 1. The lowest BCUT2D eigenvalue weighted by molar-refractivity contribution is -0.132. The monoisotopic (exact) mass is 329 g/mol. The van der Waals surface area contributed by atoms with Crippen molar-refractivity contribution in [2.75, 3.05) is 13.1 Å². The van der Waals surface area contributed by atoms with E-state index >= 15 is 0 Å². The van der Waals surface area contributed by atoms with Crippen molar-refractivity contribution in [2.45, 2.75) is 52.4 Å². The second kappa shape index (κ2) is 6.79. The van der Waals surface area contributed by atoms with Crippen LogP contribution in [0.3, 0.4) is 0 Å². The Morgan fingerprint density at radius 3 is 2.79 bits per heavy atom. The van der Waals surface area contributed by atoms with Gasteiger partial charge < -0.3 is 9.47 Å². The Bertz CT molecular complexity index is 710. The summed E-state index contributed by atoms with van der Waals surface area (Å²) in [5.74, 6) is 1.69. The van der Waals surface area contributed by atoms with Crippen molar-refractivity contribution in [3.8, 4) is 0 Å². The molecule has 6 heteroatoms. The second-order valence-electron chi connectivity index (χ2n) is 6.94. The van der Waals surface area contributed by atoms with Crippen molar-refractivity contribution in [3.05, 3.63) is 34.7 Å². The van der Waals surface area contributed by atoms with E-state index in [9.17, 15) is 4.79 Å². The van der Waals surface area contributed by atoms with E-state index in [1.54, 1.807) is 0 Å². The summed E-state index contributed by atoms with van der Waals surface area (Å²) >= 11 is 0. The van der Waals surface area contributed by atoms with Gasteiger partial charge in [0.1, 0.15) is 5.82 Å². The fourth-order valence-corrected chi connectivity index (χ4v) is 3.76. The number of rotatable bonds is 4. The van der Waals surface area contributed by atoms with Gasteiger partial charge in [0.05, 0.1) is 11.4 Å². The Morgan fingerprint density at radius 1 is 1.38 bits per heavy atom. The fraction of sp³-hybridized carbons (Fsp3) is 0.611. The van der Waals surface area contributed by atoms with Crippen LogP contribution in [0.2, 0.25) is 0 Å². The molecule has 130 valence electrons. The molecule has 24 heavy (non-hydrogen) atoms. The van der Waals surface area contributed by atoms with Crippen LogP contribution in [-0.2, 0) is 18.3 Å². The molecule has 1 aliphatic heterocycles. The van der Waals surface area contributed by atoms with Gasteiger partial charge >= 0.3 is 0 Å².